The summed E-state index contributed by atoms with van der Waals surface area (Å²) in [6.07, 6.45) is 0.647. The highest BCUT2D eigenvalue weighted by molar-refractivity contribution is 7.91. The van der Waals surface area contributed by atoms with Crippen molar-refractivity contribution in [3.8, 4) is 0 Å². The zero-order valence-corrected chi connectivity index (χ0v) is 14.0. The lowest BCUT2D eigenvalue weighted by Crippen LogP contribution is -2.49. The molecule has 0 radical (unpaired) electrons. The average molecular weight is 332 g/mol. The van der Waals surface area contributed by atoms with Crippen LogP contribution in [-0.4, -0.2) is 45.3 Å². The summed E-state index contributed by atoms with van der Waals surface area (Å²) in [5.74, 6) is 0.654. The van der Waals surface area contributed by atoms with Crippen molar-refractivity contribution in [1.29, 1.82) is 0 Å². The molecule has 1 heterocycles. The van der Waals surface area contributed by atoms with Crippen molar-refractivity contribution in [3.05, 3.63) is 24.3 Å². The molecule has 2 unspecified atom stereocenters. The second kappa shape index (κ2) is 6.99. The molecule has 6 heteroatoms. The molecule has 1 aromatic carbocycles. The first-order valence-electron chi connectivity index (χ1n) is 7.25. The average Bonchev–Trinajstić information content (AvgIpc) is 2.48. The minimum absolute atomic E-state index is 0.0198. The monoisotopic (exact) mass is 331 g/mol. The van der Waals surface area contributed by atoms with E-state index in [4.69, 9.17) is 16.3 Å². The topological polar surface area (TPSA) is 46.6 Å². The van der Waals surface area contributed by atoms with E-state index >= 15 is 0 Å². The second-order valence-electron chi connectivity index (χ2n) is 5.42. The summed E-state index contributed by atoms with van der Waals surface area (Å²) in [7, 11) is -3.15. The smallest absolute Gasteiger partial charge is 0.178 e. The highest BCUT2D eigenvalue weighted by Gasteiger charge is 2.26. The molecule has 4 nitrogen and oxygen atoms in total. The Hall–Kier alpha value is -0.780. The SMILES string of the molecule is CCCS(=O)(=O)c1ccc(N2CC(CCl)OCC2C)cc1. The molecule has 0 aromatic heterocycles. The molecule has 1 aliphatic rings. The number of rotatable bonds is 5. The third-order valence-electron chi connectivity index (χ3n) is 3.68. The van der Waals surface area contributed by atoms with Crippen LogP contribution in [0, 0.1) is 0 Å². The van der Waals surface area contributed by atoms with Crippen LogP contribution in [0.25, 0.3) is 0 Å². The molecule has 2 rings (SSSR count). The molecule has 0 bridgehead atoms. The summed E-state index contributed by atoms with van der Waals surface area (Å²) in [4.78, 5) is 2.61. The first-order valence-corrected chi connectivity index (χ1v) is 9.43. The summed E-state index contributed by atoms with van der Waals surface area (Å²) >= 11 is 5.87. The quantitative estimate of drug-likeness (QED) is 0.778. The number of ether oxygens (including phenoxy) is 1. The van der Waals surface area contributed by atoms with Gasteiger partial charge in [-0.3, -0.25) is 0 Å². The number of nitrogens with zero attached hydrogens (tertiary/aromatic N) is 1. The number of halogens is 1. The summed E-state index contributed by atoms with van der Waals surface area (Å²) < 4.78 is 29.7. The Morgan fingerprint density at radius 3 is 2.57 bits per heavy atom. The first kappa shape index (κ1) is 16.6. The maximum Gasteiger partial charge on any atom is 0.178 e. The maximum absolute atomic E-state index is 12.0. The van der Waals surface area contributed by atoms with Crippen molar-refractivity contribution in [2.45, 2.75) is 37.3 Å². The molecule has 0 amide bonds. The second-order valence-corrected chi connectivity index (χ2v) is 7.84. The van der Waals surface area contributed by atoms with Crippen LogP contribution in [0.15, 0.2) is 29.2 Å². The molecule has 21 heavy (non-hydrogen) atoms. The van der Waals surface area contributed by atoms with Crippen LogP contribution in [-0.2, 0) is 14.6 Å². The van der Waals surface area contributed by atoms with Crippen LogP contribution in [0.2, 0.25) is 0 Å². The zero-order chi connectivity index (χ0) is 15.5. The van der Waals surface area contributed by atoms with Gasteiger partial charge in [-0.1, -0.05) is 6.92 Å². The van der Waals surface area contributed by atoms with Gasteiger partial charge in [0, 0.05) is 18.3 Å². The predicted octanol–water partition coefficient (Wildman–Crippen LogP) is 2.70. The van der Waals surface area contributed by atoms with Crippen molar-refractivity contribution in [3.63, 3.8) is 0 Å². The fraction of sp³-hybridized carbons (Fsp3) is 0.600. The Labute approximate surface area is 132 Å². The van der Waals surface area contributed by atoms with Crippen molar-refractivity contribution in [1.82, 2.24) is 0 Å². The lowest BCUT2D eigenvalue weighted by atomic mass is 10.1. The molecule has 1 aliphatic heterocycles. The third kappa shape index (κ3) is 3.90. The van der Waals surface area contributed by atoms with Gasteiger partial charge in [0.15, 0.2) is 9.84 Å². The fourth-order valence-corrected chi connectivity index (χ4v) is 4.01. The summed E-state index contributed by atoms with van der Waals surface area (Å²) in [5, 5.41) is 0. The molecule has 0 aliphatic carbocycles. The van der Waals surface area contributed by atoms with E-state index in [1.807, 2.05) is 19.1 Å². The van der Waals surface area contributed by atoms with E-state index in [1.54, 1.807) is 12.1 Å². The van der Waals surface area contributed by atoms with Crippen LogP contribution in [0.4, 0.5) is 5.69 Å². The van der Waals surface area contributed by atoms with Crippen LogP contribution in [0.1, 0.15) is 20.3 Å². The Balaban J connectivity index is 2.18. The van der Waals surface area contributed by atoms with Gasteiger partial charge < -0.3 is 9.64 Å². The number of hydrogen-bond donors (Lipinski definition) is 0. The molecule has 1 fully saturated rings. The zero-order valence-electron chi connectivity index (χ0n) is 12.5. The van der Waals surface area contributed by atoms with Gasteiger partial charge in [-0.15, -0.1) is 11.6 Å². The van der Waals surface area contributed by atoms with Crippen molar-refractivity contribution < 1.29 is 13.2 Å². The molecule has 0 saturated carbocycles. The number of morpholine rings is 1. The Morgan fingerprint density at radius 2 is 2.00 bits per heavy atom. The van der Waals surface area contributed by atoms with Gasteiger partial charge in [-0.2, -0.15) is 0 Å². The van der Waals surface area contributed by atoms with Crippen molar-refractivity contribution in [2.24, 2.45) is 0 Å². The fourth-order valence-electron chi connectivity index (χ4n) is 2.50. The summed E-state index contributed by atoms with van der Waals surface area (Å²) in [5.41, 5.74) is 1.01. The largest absolute Gasteiger partial charge is 0.373 e. The van der Waals surface area contributed by atoms with Crippen LogP contribution in [0.5, 0.6) is 0 Å². The lowest BCUT2D eigenvalue weighted by Gasteiger charge is -2.39. The van der Waals surface area contributed by atoms with Crippen molar-refractivity contribution in [2.75, 3.05) is 29.7 Å². The number of sulfone groups is 1. The van der Waals surface area contributed by atoms with E-state index in [9.17, 15) is 8.42 Å². The minimum Gasteiger partial charge on any atom is -0.373 e. The molecule has 0 spiro atoms. The molecule has 2 atom stereocenters. The van der Waals surface area contributed by atoms with E-state index in [1.165, 1.54) is 0 Å². The molecule has 118 valence electrons. The van der Waals surface area contributed by atoms with E-state index in [2.05, 4.69) is 11.8 Å². The minimum atomic E-state index is -3.15. The Bertz CT molecular complexity index is 559. The van der Waals surface area contributed by atoms with Gasteiger partial charge >= 0.3 is 0 Å². The molecular weight excluding hydrogens is 310 g/mol. The van der Waals surface area contributed by atoms with Gasteiger partial charge in [-0.05, 0) is 37.6 Å². The van der Waals surface area contributed by atoms with E-state index in [0.29, 0.717) is 23.8 Å². The van der Waals surface area contributed by atoms with Crippen LogP contribution in [0.3, 0.4) is 0 Å². The Morgan fingerprint density at radius 1 is 1.33 bits per heavy atom. The number of hydrogen-bond acceptors (Lipinski definition) is 4. The predicted molar refractivity (Wildman–Crippen MR) is 86.1 cm³/mol. The van der Waals surface area contributed by atoms with Crippen LogP contribution >= 0.6 is 11.6 Å². The first-order chi connectivity index (χ1) is 9.97. The third-order valence-corrected chi connectivity index (χ3v) is 5.96. The highest BCUT2D eigenvalue weighted by Crippen LogP contribution is 2.24. The van der Waals surface area contributed by atoms with E-state index in [-0.39, 0.29) is 17.9 Å². The molecule has 0 N–H and O–H groups in total. The van der Waals surface area contributed by atoms with Gasteiger partial charge in [-0.25, -0.2) is 8.42 Å². The van der Waals surface area contributed by atoms with Gasteiger partial charge in [0.2, 0.25) is 0 Å². The Kier molecular flexibility index (Phi) is 5.52. The number of benzene rings is 1. The van der Waals surface area contributed by atoms with E-state index < -0.39 is 9.84 Å². The maximum atomic E-state index is 12.0. The van der Waals surface area contributed by atoms with Gasteiger partial charge in [0.25, 0.3) is 0 Å². The van der Waals surface area contributed by atoms with Gasteiger partial charge in [0.05, 0.1) is 29.2 Å². The molecule has 1 saturated heterocycles. The van der Waals surface area contributed by atoms with E-state index in [0.717, 1.165) is 12.2 Å². The normalized spacial score (nSPS) is 23.3. The highest BCUT2D eigenvalue weighted by atomic mass is 35.5. The number of anilines is 1. The summed E-state index contributed by atoms with van der Waals surface area (Å²) in [6.45, 7) is 5.32. The van der Waals surface area contributed by atoms with Crippen molar-refractivity contribution >= 4 is 27.1 Å². The lowest BCUT2D eigenvalue weighted by molar-refractivity contribution is 0.0365. The standard InChI is InChI=1S/C15H22ClNO3S/c1-3-8-21(18,19)15-6-4-13(5-7-15)17-10-14(9-16)20-11-12(17)2/h4-7,12,14H,3,8-11H2,1-2H3. The molecule has 1 aromatic rings. The summed E-state index contributed by atoms with van der Waals surface area (Å²) in [6, 6.07) is 7.38. The van der Waals surface area contributed by atoms with Gasteiger partial charge in [0.1, 0.15) is 0 Å². The molecular formula is C15H22ClNO3S. The number of alkyl halides is 1. The van der Waals surface area contributed by atoms with Crippen LogP contribution < -0.4 is 4.90 Å².